The molecule has 2 aliphatic heterocycles. The molecule has 0 saturated carbocycles. The van der Waals surface area contributed by atoms with Crippen molar-refractivity contribution < 1.29 is 9.53 Å². The Bertz CT molecular complexity index is 1220. The Kier molecular flexibility index (Phi) is 5.94. The van der Waals surface area contributed by atoms with Gasteiger partial charge >= 0.3 is 6.01 Å². The van der Waals surface area contributed by atoms with Gasteiger partial charge in [0.2, 0.25) is 0 Å². The van der Waals surface area contributed by atoms with Gasteiger partial charge in [-0.1, -0.05) is 42.4 Å². The number of ketones is 1. The van der Waals surface area contributed by atoms with Crippen LogP contribution in [0.2, 0.25) is 5.02 Å². The van der Waals surface area contributed by atoms with Crippen LogP contribution in [-0.2, 0) is 17.8 Å². The van der Waals surface area contributed by atoms with Crippen molar-refractivity contribution in [2.45, 2.75) is 25.8 Å². The molecule has 0 aliphatic carbocycles. The molecule has 0 N–H and O–H groups in total. The molecule has 1 saturated heterocycles. The van der Waals surface area contributed by atoms with E-state index in [0.29, 0.717) is 12.6 Å². The molecule has 1 aromatic heterocycles. The number of aromatic nitrogens is 2. The van der Waals surface area contributed by atoms with E-state index in [9.17, 15) is 4.79 Å². The number of carbonyl (C=O) groups is 1. The summed E-state index contributed by atoms with van der Waals surface area (Å²) < 4.78 is 5.46. The minimum Gasteiger partial charge on any atom is -0.467 e. The topological polar surface area (TPSA) is 58.6 Å². The molecule has 5 rings (SSSR count). The number of benzene rings is 2. The van der Waals surface area contributed by atoms with Gasteiger partial charge in [-0.15, -0.1) is 0 Å². The summed E-state index contributed by atoms with van der Waals surface area (Å²) in [6, 6.07) is 12.7. The summed E-state index contributed by atoms with van der Waals surface area (Å²) in [6.07, 6.45) is 3.91. The molecule has 1 fully saturated rings. The molecule has 3 aromatic rings. The van der Waals surface area contributed by atoms with Crippen LogP contribution in [0.25, 0.3) is 10.8 Å². The molecular weight excluding hydrogens is 436 g/mol. The average molecular weight is 463 g/mol. The summed E-state index contributed by atoms with van der Waals surface area (Å²) in [5.41, 5.74) is 3.27. The molecule has 0 spiro atoms. The molecule has 0 bridgehead atoms. The number of anilines is 2. The maximum Gasteiger partial charge on any atom is 0.318 e. The van der Waals surface area contributed by atoms with Crippen LogP contribution in [0.5, 0.6) is 6.01 Å². The lowest BCUT2D eigenvalue weighted by Crippen LogP contribution is -2.39. The van der Waals surface area contributed by atoms with Crippen molar-refractivity contribution in [1.29, 1.82) is 0 Å². The van der Waals surface area contributed by atoms with Gasteiger partial charge in [-0.25, -0.2) is 0 Å². The summed E-state index contributed by atoms with van der Waals surface area (Å²) >= 11 is 6.59. The van der Waals surface area contributed by atoms with Crippen LogP contribution in [0.1, 0.15) is 24.1 Å². The third-order valence-electron chi connectivity index (χ3n) is 6.78. The van der Waals surface area contributed by atoms with E-state index in [2.05, 4.69) is 40.6 Å². The minimum absolute atomic E-state index is 0.0601. The van der Waals surface area contributed by atoms with Crippen molar-refractivity contribution in [3.05, 3.63) is 65.3 Å². The second-order valence-electron chi connectivity index (χ2n) is 8.61. The fourth-order valence-corrected chi connectivity index (χ4v) is 5.31. The van der Waals surface area contributed by atoms with E-state index in [4.69, 9.17) is 26.3 Å². The van der Waals surface area contributed by atoms with Crippen LogP contribution >= 0.6 is 11.6 Å². The molecule has 3 heterocycles. The number of ether oxygens (including phenoxy) is 1. The van der Waals surface area contributed by atoms with E-state index in [-0.39, 0.29) is 11.7 Å². The number of hydrogen-bond acceptors (Lipinski definition) is 6. The number of piperidine rings is 1. The van der Waals surface area contributed by atoms with Crippen molar-refractivity contribution in [2.75, 3.05) is 36.5 Å². The van der Waals surface area contributed by atoms with E-state index < -0.39 is 0 Å². The Hall–Kier alpha value is -3.12. The van der Waals surface area contributed by atoms with E-state index in [1.54, 1.807) is 7.11 Å². The molecule has 0 atom stereocenters. The smallest absolute Gasteiger partial charge is 0.318 e. The van der Waals surface area contributed by atoms with Crippen LogP contribution < -0.4 is 14.5 Å². The average Bonchev–Trinajstić information content (AvgIpc) is 2.87. The predicted octanol–water partition coefficient (Wildman–Crippen LogP) is 4.83. The first kappa shape index (κ1) is 21.7. The molecule has 33 heavy (non-hydrogen) atoms. The molecule has 2 aliphatic rings. The third-order valence-corrected chi connectivity index (χ3v) is 7.09. The number of allylic oxidation sites excluding steroid dienone is 1. The van der Waals surface area contributed by atoms with E-state index >= 15 is 0 Å². The molecule has 0 amide bonds. The minimum atomic E-state index is 0.0601. The van der Waals surface area contributed by atoms with Crippen LogP contribution in [-0.4, -0.2) is 42.5 Å². The summed E-state index contributed by atoms with van der Waals surface area (Å²) in [5.74, 6) is 1.14. The first-order chi connectivity index (χ1) is 16.1. The van der Waals surface area contributed by atoms with E-state index in [1.807, 2.05) is 12.1 Å². The number of halogens is 1. The second-order valence-corrected chi connectivity index (χ2v) is 9.02. The lowest BCUT2D eigenvalue weighted by molar-refractivity contribution is -0.118. The largest absolute Gasteiger partial charge is 0.467 e. The SMILES string of the molecule is C=CC(=O)C1CCN(c2nc(OC)nc3c2CCN(c2cccc4cccc(Cl)c24)C3)CC1. The van der Waals surface area contributed by atoms with E-state index in [0.717, 1.165) is 71.9 Å². The Balaban J connectivity index is 1.46. The number of fused-ring (bicyclic) bond motifs is 2. The van der Waals surface area contributed by atoms with Crippen molar-refractivity contribution in [2.24, 2.45) is 5.92 Å². The first-order valence-corrected chi connectivity index (χ1v) is 11.7. The highest BCUT2D eigenvalue weighted by molar-refractivity contribution is 6.36. The third kappa shape index (κ3) is 4.04. The Morgan fingerprint density at radius 2 is 1.88 bits per heavy atom. The zero-order valence-electron chi connectivity index (χ0n) is 18.8. The highest BCUT2D eigenvalue weighted by Crippen LogP contribution is 2.37. The van der Waals surface area contributed by atoms with Gasteiger partial charge in [0, 0.05) is 42.2 Å². The van der Waals surface area contributed by atoms with Crippen LogP contribution in [0.15, 0.2) is 49.1 Å². The zero-order chi connectivity index (χ0) is 22.9. The molecule has 2 aromatic carbocycles. The highest BCUT2D eigenvalue weighted by Gasteiger charge is 2.30. The normalized spacial score (nSPS) is 16.5. The molecule has 6 nitrogen and oxygen atoms in total. The van der Waals surface area contributed by atoms with Crippen molar-refractivity contribution in [3.8, 4) is 6.01 Å². The van der Waals surface area contributed by atoms with Gasteiger partial charge < -0.3 is 14.5 Å². The van der Waals surface area contributed by atoms with Crippen molar-refractivity contribution >= 4 is 39.7 Å². The van der Waals surface area contributed by atoms with Crippen LogP contribution in [0, 0.1) is 5.92 Å². The molecule has 0 unspecified atom stereocenters. The maximum atomic E-state index is 12.0. The fourth-order valence-electron chi connectivity index (χ4n) is 5.03. The molecule has 7 heteroatoms. The highest BCUT2D eigenvalue weighted by atomic mass is 35.5. The number of nitrogens with zero attached hydrogens (tertiary/aromatic N) is 4. The van der Waals surface area contributed by atoms with Crippen LogP contribution in [0.4, 0.5) is 11.5 Å². The quantitative estimate of drug-likeness (QED) is 0.506. The van der Waals surface area contributed by atoms with Crippen LogP contribution in [0.3, 0.4) is 0 Å². The standard InChI is InChI=1S/C26H27ClN4O2/c1-3-23(32)17-10-13-30(14-11-17)25-19-12-15-31(16-21(19)28-26(29-25)33-2)22-9-5-7-18-6-4-8-20(27)24(18)22/h3-9,17H,1,10-16H2,2H3. The van der Waals surface area contributed by atoms with Gasteiger partial charge in [-0.2, -0.15) is 9.97 Å². The van der Waals surface area contributed by atoms with Crippen molar-refractivity contribution in [3.63, 3.8) is 0 Å². The van der Waals surface area contributed by atoms with Crippen molar-refractivity contribution in [1.82, 2.24) is 9.97 Å². The fraction of sp³-hybridized carbons (Fsp3) is 0.346. The Labute approximate surface area is 198 Å². The number of rotatable bonds is 5. The summed E-state index contributed by atoms with van der Waals surface area (Å²) in [5, 5.41) is 2.95. The van der Waals surface area contributed by atoms with Gasteiger partial charge in [0.15, 0.2) is 5.78 Å². The Morgan fingerprint density at radius 3 is 2.61 bits per heavy atom. The van der Waals surface area contributed by atoms with Gasteiger partial charge in [-0.3, -0.25) is 4.79 Å². The maximum absolute atomic E-state index is 12.0. The van der Waals surface area contributed by atoms with Gasteiger partial charge in [0.25, 0.3) is 0 Å². The second kappa shape index (κ2) is 9.02. The number of methoxy groups -OCH3 is 1. The lowest BCUT2D eigenvalue weighted by Gasteiger charge is -2.36. The molecular formula is C26H27ClN4O2. The number of hydrogen-bond donors (Lipinski definition) is 0. The Morgan fingerprint density at radius 1 is 1.12 bits per heavy atom. The monoisotopic (exact) mass is 462 g/mol. The first-order valence-electron chi connectivity index (χ1n) is 11.4. The predicted molar refractivity (Wildman–Crippen MR) is 132 cm³/mol. The zero-order valence-corrected chi connectivity index (χ0v) is 19.5. The van der Waals surface area contributed by atoms with Gasteiger partial charge in [0.05, 0.1) is 24.4 Å². The lowest BCUT2D eigenvalue weighted by atomic mass is 9.92. The summed E-state index contributed by atoms with van der Waals surface area (Å²) in [6.45, 7) is 6.74. The number of carbonyl (C=O) groups excluding carboxylic acids is 1. The summed E-state index contributed by atoms with van der Waals surface area (Å²) in [7, 11) is 1.60. The molecule has 170 valence electrons. The van der Waals surface area contributed by atoms with Gasteiger partial charge in [-0.05, 0) is 42.9 Å². The van der Waals surface area contributed by atoms with Gasteiger partial charge in [0.1, 0.15) is 5.82 Å². The molecule has 0 radical (unpaired) electrons. The summed E-state index contributed by atoms with van der Waals surface area (Å²) in [4.78, 5) is 26.1. The van der Waals surface area contributed by atoms with E-state index in [1.165, 1.54) is 11.6 Å².